The molecule has 8 nitrogen and oxygen atoms in total. The highest BCUT2D eigenvalue weighted by Crippen LogP contribution is 2.26. The van der Waals surface area contributed by atoms with E-state index in [2.05, 4.69) is 24.8 Å². The second-order valence-electron chi connectivity index (χ2n) is 5.59. The van der Waals surface area contributed by atoms with Crippen LogP contribution in [0.15, 0.2) is 0 Å². The summed E-state index contributed by atoms with van der Waals surface area (Å²) in [6.45, 7) is 5.35. The van der Waals surface area contributed by atoms with Gasteiger partial charge in [0.25, 0.3) is 0 Å². The molecule has 0 atom stereocenters. The van der Waals surface area contributed by atoms with Crippen LogP contribution in [0, 0.1) is 0 Å². The van der Waals surface area contributed by atoms with Gasteiger partial charge in [0.05, 0.1) is 51.7 Å². The van der Waals surface area contributed by atoms with E-state index in [1.54, 1.807) is 0 Å². The van der Waals surface area contributed by atoms with Crippen LogP contribution in [0.4, 0.5) is 11.9 Å². The number of aromatic nitrogens is 3. The van der Waals surface area contributed by atoms with Crippen LogP contribution in [0.2, 0.25) is 5.28 Å². The zero-order valence-electron chi connectivity index (χ0n) is 12.2. The van der Waals surface area contributed by atoms with Gasteiger partial charge in [0.1, 0.15) is 0 Å². The minimum Gasteiger partial charge on any atom is -0.378 e. The number of hydrogen-bond acceptors (Lipinski definition) is 8. The molecule has 0 N–H and O–H groups in total. The molecule has 3 fully saturated rings. The first-order chi connectivity index (χ1) is 10.8. The third kappa shape index (κ3) is 2.71. The van der Waals surface area contributed by atoms with Crippen LogP contribution < -0.4 is 9.80 Å². The molecule has 0 saturated carbocycles. The molecule has 0 unspecified atom stereocenters. The summed E-state index contributed by atoms with van der Waals surface area (Å²) in [5.41, 5.74) is 0. The molecule has 9 heteroatoms. The number of hydrogen-bond donors (Lipinski definition) is 0. The van der Waals surface area contributed by atoms with Crippen molar-refractivity contribution in [3.8, 4) is 0 Å². The van der Waals surface area contributed by atoms with Crippen molar-refractivity contribution in [1.29, 1.82) is 0 Å². The highest BCUT2D eigenvalue weighted by Gasteiger charge is 2.37. The average molecular weight is 328 g/mol. The van der Waals surface area contributed by atoms with Crippen LogP contribution in [0.25, 0.3) is 0 Å². The summed E-state index contributed by atoms with van der Waals surface area (Å²) in [7, 11) is 0. The minimum absolute atomic E-state index is 0.128. The van der Waals surface area contributed by atoms with E-state index >= 15 is 0 Å². The van der Waals surface area contributed by atoms with Gasteiger partial charge in [-0.1, -0.05) is 0 Å². The lowest BCUT2D eigenvalue weighted by Gasteiger charge is -2.45. The second kappa shape index (κ2) is 6.11. The molecule has 3 aliphatic heterocycles. The van der Waals surface area contributed by atoms with E-state index in [4.69, 9.17) is 25.8 Å². The number of fused-ring (bicyclic) bond motifs is 2. The fourth-order valence-electron chi connectivity index (χ4n) is 3.07. The molecule has 0 radical (unpaired) electrons. The Bertz CT molecular complexity index is 520. The third-order valence-electron chi connectivity index (χ3n) is 4.14. The normalized spacial score (nSPS) is 28.8. The first kappa shape index (κ1) is 14.4. The predicted molar refractivity (Wildman–Crippen MR) is 79.6 cm³/mol. The van der Waals surface area contributed by atoms with Gasteiger partial charge in [-0.2, -0.15) is 15.0 Å². The lowest BCUT2D eigenvalue weighted by atomic mass is 10.1. The summed E-state index contributed by atoms with van der Waals surface area (Å²) in [6.07, 6.45) is 0. The minimum atomic E-state index is 0.128. The Balaban J connectivity index is 1.64. The zero-order chi connectivity index (χ0) is 14.9. The van der Waals surface area contributed by atoms with Gasteiger partial charge >= 0.3 is 0 Å². The molecule has 2 bridgehead atoms. The Hall–Kier alpha value is -1.22. The maximum atomic E-state index is 6.14. The molecule has 3 aliphatic rings. The molecular formula is C13H18ClN5O3. The maximum absolute atomic E-state index is 6.14. The molecule has 0 amide bonds. The van der Waals surface area contributed by atoms with Crippen LogP contribution in [0.3, 0.4) is 0 Å². The zero-order valence-corrected chi connectivity index (χ0v) is 12.9. The molecule has 22 heavy (non-hydrogen) atoms. The SMILES string of the molecule is Clc1nc(N2CCOCC2)nc(N2C3COCC2COC3)n1. The van der Waals surface area contributed by atoms with E-state index in [-0.39, 0.29) is 17.4 Å². The number of rotatable bonds is 2. The molecular weight excluding hydrogens is 310 g/mol. The molecule has 4 heterocycles. The molecule has 1 aromatic heterocycles. The average Bonchev–Trinajstić information content (AvgIpc) is 2.54. The molecule has 120 valence electrons. The lowest BCUT2D eigenvalue weighted by Crippen LogP contribution is -2.60. The standard InChI is InChI=1S/C13H18ClN5O3/c14-11-15-12(18-1-3-20-4-2-18)17-13(16-11)19-9-5-21-7-10(19)8-22-6-9/h9-10H,1-8H2. The van der Waals surface area contributed by atoms with Gasteiger partial charge in [-0.3, -0.25) is 0 Å². The highest BCUT2D eigenvalue weighted by molar-refractivity contribution is 6.28. The molecule has 0 aliphatic carbocycles. The van der Waals surface area contributed by atoms with Crippen molar-refractivity contribution < 1.29 is 14.2 Å². The largest absolute Gasteiger partial charge is 0.378 e. The summed E-state index contributed by atoms with van der Waals surface area (Å²) >= 11 is 6.14. The van der Waals surface area contributed by atoms with E-state index in [1.807, 2.05) is 0 Å². The molecule has 1 aromatic rings. The van der Waals surface area contributed by atoms with E-state index in [9.17, 15) is 0 Å². The lowest BCUT2D eigenvalue weighted by molar-refractivity contribution is -0.0355. The number of halogens is 1. The van der Waals surface area contributed by atoms with Crippen molar-refractivity contribution in [3.63, 3.8) is 0 Å². The second-order valence-corrected chi connectivity index (χ2v) is 5.93. The summed E-state index contributed by atoms with van der Waals surface area (Å²) in [5, 5.41) is 0.219. The molecule has 3 saturated heterocycles. The van der Waals surface area contributed by atoms with Crippen LogP contribution in [0.1, 0.15) is 0 Å². The van der Waals surface area contributed by atoms with Gasteiger partial charge in [-0.25, -0.2) is 0 Å². The van der Waals surface area contributed by atoms with E-state index in [0.717, 1.165) is 13.1 Å². The quantitative estimate of drug-likeness (QED) is 0.749. The Morgan fingerprint density at radius 2 is 1.41 bits per heavy atom. The Kier molecular flexibility index (Phi) is 4.00. The number of morpholine rings is 3. The molecule has 4 rings (SSSR count). The predicted octanol–water partition coefficient (Wildman–Crippen LogP) is -0.0344. The van der Waals surface area contributed by atoms with Crippen LogP contribution in [0.5, 0.6) is 0 Å². The van der Waals surface area contributed by atoms with Crippen molar-refractivity contribution >= 4 is 23.5 Å². The Morgan fingerprint density at radius 1 is 0.818 bits per heavy atom. The molecule has 0 aromatic carbocycles. The first-order valence-electron chi connectivity index (χ1n) is 7.49. The summed E-state index contributed by atoms with van der Waals surface area (Å²) < 4.78 is 16.6. The first-order valence-corrected chi connectivity index (χ1v) is 7.87. The van der Waals surface area contributed by atoms with Gasteiger partial charge in [-0.05, 0) is 11.6 Å². The van der Waals surface area contributed by atoms with E-state index in [1.165, 1.54) is 0 Å². The number of nitrogens with zero attached hydrogens (tertiary/aromatic N) is 5. The highest BCUT2D eigenvalue weighted by atomic mass is 35.5. The fraction of sp³-hybridized carbons (Fsp3) is 0.769. The summed E-state index contributed by atoms with van der Waals surface area (Å²) in [6, 6.07) is 0.256. The van der Waals surface area contributed by atoms with Gasteiger partial charge in [0.2, 0.25) is 17.2 Å². The van der Waals surface area contributed by atoms with Crippen molar-refractivity contribution in [1.82, 2.24) is 15.0 Å². The number of ether oxygens (including phenoxy) is 3. The van der Waals surface area contributed by atoms with Gasteiger partial charge in [0.15, 0.2) is 0 Å². The van der Waals surface area contributed by atoms with Crippen LogP contribution in [-0.2, 0) is 14.2 Å². The van der Waals surface area contributed by atoms with Crippen molar-refractivity contribution in [3.05, 3.63) is 5.28 Å². The smallest absolute Gasteiger partial charge is 0.232 e. The van der Waals surface area contributed by atoms with Crippen molar-refractivity contribution in [2.24, 2.45) is 0 Å². The van der Waals surface area contributed by atoms with Crippen molar-refractivity contribution in [2.75, 3.05) is 62.5 Å². The molecule has 0 spiro atoms. The Labute approximate surface area is 133 Å². The van der Waals surface area contributed by atoms with E-state index in [0.29, 0.717) is 51.5 Å². The third-order valence-corrected chi connectivity index (χ3v) is 4.31. The number of anilines is 2. The van der Waals surface area contributed by atoms with Crippen LogP contribution in [-0.4, -0.2) is 79.8 Å². The maximum Gasteiger partial charge on any atom is 0.232 e. The monoisotopic (exact) mass is 327 g/mol. The topological polar surface area (TPSA) is 72.8 Å². The van der Waals surface area contributed by atoms with Gasteiger partial charge in [-0.15, -0.1) is 0 Å². The van der Waals surface area contributed by atoms with Gasteiger partial charge in [0, 0.05) is 13.1 Å². The fourth-order valence-corrected chi connectivity index (χ4v) is 3.22. The van der Waals surface area contributed by atoms with Crippen molar-refractivity contribution in [2.45, 2.75) is 12.1 Å². The summed E-state index contributed by atoms with van der Waals surface area (Å²) in [5.74, 6) is 1.23. The summed E-state index contributed by atoms with van der Waals surface area (Å²) in [4.78, 5) is 17.5. The van der Waals surface area contributed by atoms with E-state index < -0.39 is 0 Å². The van der Waals surface area contributed by atoms with Crippen LogP contribution >= 0.6 is 11.6 Å². The Morgan fingerprint density at radius 3 is 2.05 bits per heavy atom. The van der Waals surface area contributed by atoms with Gasteiger partial charge < -0.3 is 24.0 Å².